The molecule has 29 heavy (non-hydrogen) atoms. The second kappa shape index (κ2) is 9.09. The van der Waals surface area contributed by atoms with E-state index in [1.807, 2.05) is 31.2 Å². The predicted octanol–water partition coefficient (Wildman–Crippen LogP) is 3.56. The second-order valence-electron chi connectivity index (χ2n) is 8.18. The zero-order valence-corrected chi connectivity index (χ0v) is 18.2. The van der Waals surface area contributed by atoms with Crippen molar-refractivity contribution in [2.24, 2.45) is 11.8 Å². The van der Waals surface area contributed by atoms with Gasteiger partial charge >= 0.3 is 0 Å². The Morgan fingerprint density at radius 3 is 2.38 bits per heavy atom. The fourth-order valence-corrected chi connectivity index (χ4v) is 5.42. The predicted molar refractivity (Wildman–Crippen MR) is 115 cm³/mol. The molecular weight excluding hydrogens is 384 g/mol. The monoisotopic (exact) mass is 414 g/mol. The number of sulfonamides is 1. The maximum absolute atomic E-state index is 13.2. The minimum Gasteiger partial charge on any atom is -0.356 e. The van der Waals surface area contributed by atoms with Crippen LogP contribution < -0.4 is 5.32 Å². The molecule has 0 radical (unpaired) electrons. The van der Waals surface area contributed by atoms with Crippen molar-refractivity contribution in [2.75, 3.05) is 19.6 Å². The van der Waals surface area contributed by atoms with Gasteiger partial charge in [-0.05, 0) is 42.5 Å². The maximum atomic E-state index is 13.2. The molecule has 2 atom stereocenters. The maximum Gasteiger partial charge on any atom is 0.243 e. The van der Waals surface area contributed by atoms with Crippen molar-refractivity contribution >= 4 is 15.9 Å². The summed E-state index contributed by atoms with van der Waals surface area (Å²) in [5.74, 6) is -0.124. The van der Waals surface area contributed by atoms with E-state index in [0.717, 1.165) is 17.5 Å². The first kappa shape index (κ1) is 21.5. The van der Waals surface area contributed by atoms with E-state index in [1.54, 1.807) is 30.3 Å². The largest absolute Gasteiger partial charge is 0.356 e. The molecule has 2 aromatic rings. The molecule has 0 spiro atoms. The van der Waals surface area contributed by atoms with Gasteiger partial charge < -0.3 is 5.32 Å². The van der Waals surface area contributed by atoms with Crippen molar-refractivity contribution in [3.05, 3.63) is 65.7 Å². The Morgan fingerprint density at radius 2 is 1.72 bits per heavy atom. The molecule has 0 aromatic heterocycles. The van der Waals surface area contributed by atoms with Gasteiger partial charge in [0.25, 0.3) is 0 Å². The first-order valence-corrected chi connectivity index (χ1v) is 11.6. The summed E-state index contributed by atoms with van der Waals surface area (Å²) in [6, 6.07) is 16.4. The van der Waals surface area contributed by atoms with E-state index in [2.05, 4.69) is 19.2 Å². The first-order chi connectivity index (χ1) is 13.8. The highest BCUT2D eigenvalue weighted by Gasteiger charge is 2.43. The topological polar surface area (TPSA) is 66.5 Å². The van der Waals surface area contributed by atoms with Crippen LogP contribution in [0.1, 0.15) is 37.3 Å². The summed E-state index contributed by atoms with van der Waals surface area (Å²) >= 11 is 0. The van der Waals surface area contributed by atoms with Gasteiger partial charge in [0.2, 0.25) is 15.9 Å². The Labute approximate surface area is 174 Å². The Kier molecular flexibility index (Phi) is 6.75. The molecule has 1 aliphatic heterocycles. The zero-order valence-electron chi connectivity index (χ0n) is 17.3. The van der Waals surface area contributed by atoms with Crippen LogP contribution in [-0.4, -0.2) is 38.3 Å². The Morgan fingerprint density at radius 1 is 1.07 bits per heavy atom. The molecule has 1 aliphatic rings. The first-order valence-electron chi connectivity index (χ1n) is 10.2. The van der Waals surface area contributed by atoms with Crippen LogP contribution in [0.15, 0.2) is 59.5 Å². The second-order valence-corrected chi connectivity index (χ2v) is 10.1. The third-order valence-electron chi connectivity index (χ3n) is 5.61. The Bertz CT molecular complexity index is 942. The number of carbonyl (C=O) groups excluding carboxylic acids is 1. The number of hydrogen-bond donors (Lipinski definition) is 1. The van der Waals surface area contributed by atoms with Crippen LogP contribution in [0.25, 0.3) is 0 Å². The SMILES string of the molecule is Cc1ccccc1[C@@H]1CN(S(=O)(=O)c2ccccc2)C[C@H]1C(=O)NCCC(C)C. The molecule has 0 bridgehead atoms. The lowest BCUT2D eigenvalue weighted by Crippen LogP contribution is -2.36. The van der Waals surface area contributed by atoms with Crippen LogP contribution in [0.5, 0.6) is 0 Å². The van der Waals surface area contributed by atoms with E-state index < -0.39 is 15.9 Å². The molecule has 6 heteroatoms. The lowest BCUT2D eigenvalue weighted by Gasteiger charge is -2.20. The van der Waals surface area contributed by atoms with Gasteiger partial charge in [0, 0.05) is 25.6 Å². The van der Waals surface area contributed by atoms with Crippen molar-refractivity contribution < 1.29 is 13.2 Å². The van der Waals surface area contributed by atoms with Crippen LogP contribution in [0, 0.1) is 18.8 Å². The number of amides is 1. The molecule has 0 unspecified atom stereocenters. The van der Waals surface area contributed by atoms with Gasteiger partial charge in [-0.3, -0.25) is 4.79 Å². The lowest BCUT2D eigenvalue weighted by molar-refractivity contribution is -0.124. The molecule has 5 nitrogen and oxygen atoms in total. The van der Waals surface area contributed by atoms with Crippen molar-refractivity contribution in [1.29, 1.82) is 0 Å². The molecule has 3 rings (SSSR count). The number of carbonyl (C=O) groups is 1. The number of benzene rings is 2. The Balaban J connectivity index is 1.88. The third-order valence-corrected chi connectivity index (χ3v) is 7.46. The average Bonchev–Trinajstić information content (AvgIpc) is 3.15. The zero-order chi connectivity index (χ0) is 21.0. The summed E-state index contributed by atoms with van der Waals surface area (Å²) in [6.45, 7) is 7.36. The summed E-state index contributed by atoms with van der Waals surface area (Å²) in [4.78, 5) is 13.3. The summed E-state index contributed by atoms with van der Waals surface area (Å²) in [7, 11) is -3.64. The summed E-state index contributed by atoms with van der Waals surface area (Å²) in [6.07, 6.45) is 0.902. The lowest BCUT2D eigenvalue weighted by atomic mass is 9.86. The highest BCUT2D eigenvalue weighted by atomic mass is 32.2. The molecule has 1 saturated heterocycles. The molecule has 156 valence electrons. The van der Waals surface area contributed by atoms with Crippen LogP contribution >= 0.6 is 0 Å². The molecule has 0 aliphatic carbocycles. The number of rotatable bonds is 7. The van der Waals surface area contributed by atoms with E-state index in [9.17, 15) is 13.2 Å². The molecule has 2 aromatic carbocycles. The van der Waals surface area contributed by atoms with Gasteiger partial charge in [-0.25, -0.2) is 8.42 Å². The number of hydrogen-bond acceptors (Lipinski definition) is 3. The molecular formula is C23H30N2O3S. The smallest absolute Gasteiger partial charge is 0.243 e. The van der Waals surface area contributed by atoms with E-state index in [0.29, 0.717) is 19.0 Å². The van der Waals surface area contributed by atoms with E-state index >= 15 is 0 Å². The number of aryl methyl sites for hydroxylation is 1. The highest BCUT2D eigenvalue weighted by Crippen LogP contribution is 2.37. The molecule has 0 saturated carbocycles. The van der Waals surface area contributed by atoms with Gasteiger partial charge in [0.05, 0.1) is 10.8 Å². The van der Waals surface area contributed by atoms with Crippen LogP contribution in [-0.2, 0) is 14.8 Å². The van der Waals surface area contributed by atoms with Gasteiger partial charge in [0.1, 0.15) is 0 Å². The minimum absolute atomic E-state index is 0.0651. The van der Waals surface area contributed by atoms with Crippen LogP contribution in [0.2, 0.25) is 0 Å². The number of nitrogens with zero attached hydrogens (tertiary/aromatic N) is 1. The summed E-state index contributed by atoms with van der Waals surface area (Å²) in [5.41, 5.74) is 2.12. The minimum atomic E-state index is -3.64. The summed E-state index contributed by atoms with van der Waals surface area (Å²) in [5, 5.41) is 3.03. The Hall–Kier alpha value is -2.18. The molecule has 1 heterocycles. The standard InChI is InChI=1S/C23H30N2O3S/c1-17(2)13-14-24-23(26)22-16-25(29(27,28)19-10-5-4-6-11-19)15-21(22)20-12-8-7-9-18(20)3/h4-12,17,21-22H,13-16H2,1-3H3,(H,24,26)/t21-,22+/m0/s1. The normalized spacial score (nSPS) is 20.1. The van der Waals surface area contributed by atoms with Gasteiger partial charge in [-0.15, -0.1) is 0 Å². The fourth-order valence-electron chi connectivity index (χ4n) is 3.90. The van der Waals surface area contributed by atoms with Crippen molar-refractivity contribution in [3.63, 3.8) is 0 Å². The van der Waals surface area contributed by atoms with Crippen molar-refractivity contribution in [1.82, 2.24) is 9.62 Å². The van der Waals surface area contributed by atoms with Crippen LogP contribution in [0.4, 0.5) is 0 Å². The van der Waals surface area contributed by atoms with Gasteiger partial charge in [-0.2, -0.15) is 4.31 Å². The van der Waals surface area contributed by atoms with E-state index in [1.165, 1.54) is 4.31 Å². The van der Waals surface area contributed by atoms with E-state index in [4.69, 9.17) is 0 Å². The van der Waals surface area contributed by atoms with Gasteiger partial charge in [-0.1, -0.05) is 56.3 Å². The quantitative estimate of drug-likeness (QED) is 0.753. The fraction of sp³-hybridized carbons (Fsp3) is 0.435. The highest BCUT2D eigenvalue weighted by molar-refractivity contribution is 7.89. The molecule has 1 N–H and O–H groups in total. The van der Waals surface area contributed by atoms with Crippen molar-refractivity contribution in [2.45, 2.75) is 38.0 Å². The van der Waals surface area contributed by atoms with Crippen molar-refractivity contribution in [3.8, 4) is 0 Å². The number of nitrogens with one attached hydrogen (secondary N) is 1. The average molecular weight is 415 g/mol. The summed E-state index contributed by atoms with van der Waals surface area (Å²) < 4.78 is 27.8. The van der Waals surface area contributed by atoms with Gasteiger partial charge in [0.15, 0.2) is 0 Å². The third kappa shape index (κ3) is 4.87. The molecule has 1 fully saturated rings. The van der Waals surface area contributed by atoms with Crippen LogP contribution in [0.3, 0.4) is 0 Å². The van der Waals surface area contributed by atoms with E-state index in [-0.39, 0.29) is 23.3 Å². The molecule has 1 amide bonds.